The molecule has 0 saturated carbocycles. The number of halogens is 1. The van der Waals surface area contributed by atoms with Gasteiger partial charge in [0.2, 0.25) is 0 Å². The van der Waals surface area contributed by atoms with Crippen LogP contribution in [0, 0.1) is 11.7 Å². The number of nitrogens with zero attached hydrogens (tertiary/aromatic N) is 4. The number of aromatic nitrogens is 3. The number of hydrogen-bond acceptors (Lipinski definition) is 4. The van der Waals surface area contributed by atoms with Gasteiger partial charge in [0, 0.05) is 43.1 Å². The molecule has 1 atom stereocenters. The third-order valence-corrected chi connectivity index (χ3v) is 5.02. The summed E-state index contributed by atoms with van der Waals surface area (Å²) in [6.45, 7) is 7.16. The number of benzene rings is 1. The molecule has 136 valence electrons. The molecule has 6 heteroatoms. The predicted octanol–water partition coefficient (Wildman–Crippen LogP) is 3.93. The van der Waals surface area contributed by atoms with Crippen molar-refractivity contribution in [3.05, 3.63) is 54.1 Å². The topological polar surface area (TPSA) is 45.5 Å². The Labute approximate surface area is 152 Å². The van der Waals surface area contributed by atoms with Crippen molar-refractivity contribution < 1.29 is 4.39 Å². The molecular weight excluding hydrogens is 329 g/mol. The van der Waals surface area contributed by atoms with Crippen LogP contribution in [0.25, 0.3) is 5.65 Å². The van der Waals surface area contributed by atoms with Crippen molar-refractivity contribution in [3.8, 4) is 0 Å². The average molecular weight is 353 g/mol. The molecule has 0 unspecified atom stereocenters. The molecule has 1 saturated heterocycles. The molecule has 0 aliphatic carbocycles. The van der Waals surface area contributed by atoms with Gasteiger partial charge in [-0.05, 0) is 42.5 Å². The maximum atomic E-state index is 13.1. The highest BCUT2D eigenvalue weighted by atomic mass is 19.1. The second kappa shape index (κ2) is 6.94. The highest BCUT2D eigenvalue weighted by Crippen LogP contribution is 2.25. The van der Waals surface area contributed by atoms with Crippen molar-refractivity contribution in [2.24, 2.45) is 5.92 Å². The van der Waals surface area contributed by atoms with Crippen molar-refractivity contribution in [1.82, 2.24) is 14.6 Å². The molecular formula is C20H24FN5. The van der Waals surface area contributed by atoms with Crippen LogP contribution in [0.5, 0.6) is 0 Å². The first-order chi connectivity index (χ1) is 12.6. The summed E-state index contributed by atoms with van der Waals surface area (Å²) >= 11 is 0. The van der Waals surface area contributed by atoms with Crippen LogP contribution < -0.4 is 10.2 Å². The van der Waals surface area contributed by atoms with Gasteiger partial charge in [-0.25, -0.2) is 9.37 Å². The van der Waals surface area contributed by atoms with Crippen molar-refractivity contribution in [1.29, 1.82) is 0 Å². The Bertz CT molecular complexity index is 887. The first kappa shape index (κ1) is 16.8. The molecule has 1 aromatic carbocycles. The summed E-state index contributed by atoms with van der Waals surface area (Å²) in [5, 5.41) is 7.95. The van der Waals surface area contributed by atoms with Crippen LogP contribution in [0.4, 0.5) is 15.9 Å². The van der Waals surface area contributed by atoms with E-state index >= 15 is 0 Å². The Morgan fingerprint density at radius 3 is 2.81 bits per heavy atom. The summed E-state index contributed by atoms with van der Waals surface area (Å²) < 4.78 is 15.0. The monoisotopic (exact) mass is 353 g/mol. The van der Waals surface area contributed by atoms with E-state index in [1.807, 2.05) is 22.7 Å². The number of fused-ring (bicyclic) bond motifs is 1. The molecule has 1 N–H and O–H groups in total. The fourth-order valence-corrected chi connectivity index (χ4v) is 3.49. The quantitative estimate of drug-likeness (QED) is 0.755. The van der Waals surface area contributed by atoms with Crippen molar-refractivity contribution in [2.75, 3.05) is 29.9 Å². The van der Waals surface area contributed by atoms with E-state index in [9.17, 15) is 4.39 Å². The first-order valence-corrected chi connectivity index (χ1v) is 9.19. The molecule has 0 amide bonds. The van der Waals surface area contributed by atoms with Gasteiger partial charge in [-0.15, -0.1) is 0 Å². The predicted molar refractivity (Wildman–Crippen MR) is 102 cm³/mol. The van der Waals surface area contributed by atoms with Crippen LogP contribution in [0.1, 0.15) is 31.9 Å². The fraction of sp³-hybridized carbons (Fsp3) is 0.400. The Balaban J connectivity index is 1.44. The fourth-order valence-electron chi connectivity index (χ4n) is 3.49. The van der Waals surface area contributed by atoms with Crippen molar-refractivity contribution in [3.63, 3.8) is 0 Å². The van der Waals surface area contributed by atoms with Crippen molar-refractivity contribution in [2.45, 2.75) is 26.2 Å². The maximum Gasteiger partial charge on any atom is 0.157 e. The van der Waals surface area contributed by atoms with Crippen LogP contribution in [0.2, 0.25) is 0 Å². The molecule has 0 spiro atoms. The standard InChI is InChI=1S/C20H24FN5/c1-14(2)18-11-20(26-19(24-18)7-9-23-26)22-12-15-8-10-25(13-15)17-5-3-16(21)4-6-17/h3-7,9,11,14-15,22H,8,10,12-13H2,1-2H3/t15-/m0/s1. The van der Waals surface area contributed by atoms with Gasteiger partial charge in [0.15, 0.2) is 5.65 Å². The summed E-state index contributed by atoms with van der Waals surface area (Å²) in [7, 11) is 0. The SMILES string of the molecule is CC(C)c1cc(NC[C@@H]2CCN(c3ccc(F)cc3)C2)n2nccc2n1. The Morgan fingerprint density at radius 2 is 2.04 bits per heavy atom. The normalized spacial score (nSPS) is 17.4. The second-order valence-electron chi connectivity index (χ2n) is 7.28. The van der Waals surface area contributed by atoms with Gasteiger partial charge in [-0.3, -0.25) is 0 Å². The van der Waals surface area contributed by atoms with Crippen LogP contribution in [-0.2, 0) is 0 Å². The lowest BCUT2D eigenvalue weighted by molar-refractivity contribution is 0.618. The van der Waals surface area contributed by atoms with E-state index in [0.717, 1.165) is 48.9 Å². The molecule has 1 aliphatic rings. The summed E-state index contributed by atoms with van der Waals surface area (Å²) in [5.74, 6) is 1.72. The average Bonchev–Trinajstić information content (AvgIpc) is 3.29. The summed E-state index contributed by atoms with van der Waals surface area (Å²) in [4.78, 5) is 6.98. The third-order valence-electron chi connectivity index (χ3n) is 5.02. The Kier molecular flexibility index (Phi) is 4.49. The third kappa shape index (κ3) is 3.36. The minimum absolute atomic E-state index is 0.187. The van der Waals surface area contributed by atoms with Crippen LogP contribution in [0.3, 0.4) is 0 Å². The largest absolute Gasteiger partial charge is 0.371 e. The Morgan fingerprint density at radius 1 is 1.23 bits per heavy atom. The minimum Gasteiger partial charge on any atom is -0.371 e. The lowest BCUT2D eigenvalue weighted by atomic mass is 10.1. The molecule has 3 heterocycles. The van der Waals surface area contributed by atoms with E-state index in [4.69, 9.17) is 0 Å². The molecule has 3 aromatic rings. The molecule has 1 fully saturated rings. The van der Waals surface area contributed by atoms with Crippen LogP contribution >= 0.6 is 0 Å². The maximum absolute atomic E-state index is 13.1. The van der Waals surface area contributed by atoms with Gasteiger partial charge in [-0.2, -0.15) is 9.61 Å². The zero-order valence-corrected chi connectivity index (χ0v) is 15.2. The lowest BCUT2D eigenvalue weighted by Gasteiger charge is -2.19. The summed E-state index contributed by atoms with van der Waals surface area (Å²) in [6, 6.07) is 10.8. The molecule has 2 aromatic heterocycles. The van der Waals surface area contributed by atoms with E-state index in [1.165, 1.54) is 12.1 Å². The van der Waals surface area contributed by atoms with Gasteiger partial charge in [0.05, 0.1) is 6.20 Å². The number of hydrogen-bond donors (Lipinski definition) is 1. The van der Waals surface area contributed by atoms with Gasteiger partial charge in [0.25, 0.3) is 0 Å². The Hall–Kier alpha value is -2.63. The highest BCUT2D eigenvalue weighted by Gasteiger charge is 2.23. The summed E-state index contributed by atoms with van der Waals surface area (Å²) in [6.07, 6.45) is 2.90. The molecule has 0 bridgehead atoms. The zero-order valence-electron chi connectivity index (χ0n) is 15.2. The van der Waals surface area contributed by atoms with Gasteiger partial charge in [-0.1, -0.05) is 13.8 Å². The zero-order chi connectivity index (χ0) is 18.1. The van der Waals surface area contributed by atoms with E-state index in [-0.39, 0.29) is 5.82 Å². The molecule has 0 radical (unpaired) electrons. The van der Waals surface area contributed by atoms with E-state index in [0.29, 0.717) is 11.8 Å². The van der Waals surface area contributed by atoms with Crippen LogP contribution in [0.15, 0.2) is 42.6 Å². The van der Waals surface area contributed by atoms with Crippen molar-refractivity contribution >= 4 is 17.2 Å². The van der Waals surface area contributed by atoms with E-state index in [1.54, 1.807) is 6.20 Å². The highest BCUT2D eigenvalue weighted by molar-refractivity contribution is 5.50. The number of rotatable bonds is 5. The van der Waals surface area contributed by atoms with Gasteiger partial charge >= 0.3 is 0 Å². The lowest BCUT2D eigenvalue weighted by Crippen LogP contribution is -2.23. The smallest absolute Gasteiger partial charge is 0.157 e. The molecule has 4 rings (SSSR count). The minimum atomic E-state index is -0.187. The van der Waals surface area contributed by atoms with Crippen LogP contribution in [-0.4, -0.2) is 34.2 Å². The molecule has 26 heavy (non-hydrogen) atoms. The van der Waals surface area contributed by atoms with Gasteiger partial charge in [0.1, 0.15) is 11.6 Å². The molecule has 1 aliphatic heterocycles. The van der Waals surface area contributed by atoms with Gasteiger partial charge < -0.3 is 10.2 Å². The molecule has 5 nitrogen and oxygen atoms in total. The number of anilines is 2. The summed E-state index contributed by atoms with van der Waals surface area (Å²) in [5.41, 5.74) is 3.03. The van der Waals surface area contributed by atoms with E-state index < -0.39 is 0 Å². The first-order valence-electron chi connectivity index (χ1n) is 9.19. The second-order valence-corrected chi connectivity index (χ2v) is 7.28. The van der Waals surface area contributed by atoms with E-state index in [2.05, 4.69) is 40.2 Å². The number of nitrogens with one attached hydrogen (secondary N) is 1.